The molecule has 0 atom stereocenters. The molecule has 0 spiro atoms. The van der Waals surface area contributed by atoms with Crippen molar-refractivity contribution in [1.82, 2.24) is 4.72 Å². The monoisotopic (exact) mass is 416 g/mol. The SMILES string of the molecule is C#CCNS(=O)(=O)c1cccc(C(=O)OCC(=O)Nc2ccc3c(c2)OCO3)c1. The van der Waals surface area contributed by atoms with Crippen molar-refractivity contribution in [2.45, 2.75) is 4.90 Å². The number of carbonyl (C=O) groups excluding carboxylic acids is 2. The second-order valence-electron chi connectivity index (χ2n) is 5.75. The Morgan fingerprint density at radius 2 is 1.93 bits per heavy atom. The molecule has 150 valence electrons. The number of anilines is 1. The molecule has 10 heteroatoms. The van der Waals surface area contributed by atoms with E-state index >= 15 is 0 Å². The summed E-state index contributed by atoms with van der Waals surface area (Å²) >= 11 is 0. The molecule has 0 saturated carbocycles. The zero-order valence-corrected chi connectivity index (χ0v) is 15.8. The molecule has 2 aromatic rings. The predicted octanol–water partition coefficient (Wildman–Crippen LogP) is 1.12. The van der Waals surface area contributed by atoms with Gasteiger partial charge in [-0.15, -0.1) is 6.42 Å². The molecule has 9 nitrogen and oxygen atoms in total. The average molecular weight is 416 g/mol. The smallest absolute Gasteiger partial charge is 0.338 e. The van der Waals surface area contributed by atoms with Crippen LogP contribution in [0.1, 0.15) is 10.4 Å². The maximum absolute atomic E-state index is 12.2. The van der Waals surface area contributed by atoms with Crippen molar-refractivity contribution in [1.29, 1.82) is 0 Å². The van der Waals surface area contributed by atoms with Gasteiger partial charge in [-0.2, -0.15) is 4.72 Å². The first-order chi connectivity index (χ1) is 13.9. The van der Waals surface area contributed by atoms with Crippen LogP contribution in [0, 0.1) is 12.3 Å². The van der Waals surface area contributed by atoms with Crippen molar-refractivity contribution < 1.29 is 32.2 Å². The molecule has 2 N–H and O–H groups in total. The van der Waals surface area contributed by atoms with E-state index in [9.17, 15) is 18.0 Å². The number of terminal acetylenes is 1. The summed E-state index contributed by atoms with van der Waals surface area (Å²) < 4.78 is 41.7. The third kappa shape index (κ3) is 5.04. The summed E-state index contributed by atoms with van der Waals surface area (Å²) in [6.07, 6.45) is 5.04. The van der Waals surface area contributed by atoms with Gasteiger partial charge in [0.05, 0.1) is 17.0 Å². The maximum Gasteiger partial charge on any atom is 0.338 e. The highest BCUT2D eigenvalue weighted by Gasteiger charge is 2.18. The Bertz CT molecular complexity index is 1090. The van der Waals surface area contributed by atoms with Gasteiger partial charge < -0.3 is 19.5 Å². The molecule has 2 aromatic carbocycles. The largest absolute Gasteiger partial charge is 0.454 e. The van der Waals surface area contributed by atoms with E-state index in [1.54, 1.807) is 18.2 Å². The standard InChI is InChI=1S/C19H16N2O7S/c1-2-8-20-29(24,25)15-5-3-4-13(9-15)19(23)26-11-18(22)21-14-6-7-16-17(10-14)28-12-27-16/h1,3-7,9-10,20H,8,11-12H2,(H,21,22). The number of sulfonamides is 1. The topological polar surface area (TPSA) is 120 Å². The van der Waals surface area contributed by atoms with Crippen LogP contribution >= 0.6 is 0 Å². The lowest BCUT2D eigenvalue weighted by Crippen LogP contribution is -2.24. The summed E-state index contributed by atoms with van der Waals surface area (Å²) in [6.45, 7) is -0.631. The lowest BCUT2D eigenvalue weighted by molar-refractivity contribution is -0.119. The van der Waals surface area contributed by atoms with Gasteiger partial charge in [0, 0.05) is 11.8 Å². The Balaban J connectivity index is 1.58. The molecule has 0 aromatic heterocycles. The van der Waals surface area contributed by atoms with E-state index in [2.05, 4.69) is 16.0 Å². The number of carbonyl (C=O) groups is 2. The summed E-state index contributed by atoms with van der Waals surface area (Å²) in [5.41, 5.74) is 0.424. The lowest BCUT2D eigenvalue weighted by atomic mass is 10.2. The van der Waals surface area contributed by atoms with E-state index in [1.807, 2.05) is 0 Å². The van der Waals surface area contributed by atoms with E-state index < -0.39 is 28.5 Å². The molecule has 0 aliphatic carbocycles. The van der Waals surface area contributed by atoms with Gasteiger partial charge in [0.1, 0.15) is 0 Å². The fourth-order valence-corrected chi connectivity index (χ4v) is 3.38. The molecule has 0 bridgehead atoms. The van der Waals surface area contributed by atoms with Crippen LogP contribution in [0.5, 0.6) is 11.5 Å². The van der Waals surface area contributed by atoms with Crippen molar-refractivity contribution >= 4 is 27.6 Å². The number of amides is 1. The number of rotatable bonds is 7. The van der Waals surface area contributed by atoms with Crippen LogP contribution in [-0.2, 0) is 19.6 Å². The first-order valence-corrected chi connectivity index (χ1v) is 9.77. The van der Waals surface area contributed by atoms with E-state index in [-0.39, 0.29) is 23.8 Å². The van der Waals surface area contributed by atoms with Gasteiger partial charge in [0.15, 0.2) is 18.1 Å². The fraction of sp³-hybridized carbons (Fsp3) is 0.158. The summed E-state index contributed by atoms with van der Waals surface area (Å²) in [4.78, 5) is 24.0. The van der Waals surface area contributed by atoms with Crippen molar-refractivity contribution in [2.24, 2.45) is 0 Å². The molecule has 1 amide bonds. The number of fused-ring (bicyclic) bond motifs is 1. The molecule has 29 heavy (non-hydrogen) atoms. The number of nitrogens with one attached hydrogen (secondary N) is 2. The molecule has 1 aliphatic rings. The third-order valence-corrected chi connectivity index (χ3v) is 5.13. The highest BCUT2D eigenvalue weighted by Crippen LogP contribution is 2.34. The predicted molar refractivity (Wildman–Crippen MR) is 102 cm³/mol. The summed E-state index contributed by atoms with van der Waals surface area (Å²) in [6, 6.07) is 10.0. The summed E-state index contributed by atoms with van der Waals surface area (Å²) in [7, 11) is -3.86. The van der Waals surface area contributed by atoms with Gasteiger partial charge in [0.25, 0.3) is 5.91 Å². The molecule has 3 rings (SSSR count). The molecule has 1 heterocycles. The Hall–Kier alpha value is -3.55. The third-order valence-electron chi connectivity index (χ3n) is 3.73. The minimum atomic E-state index is -3.86. The molecule has 0 unspecified atom stereocenters. The zero-order valence-electron chi connectivity index (χ0n) is 15.0. The quantitative estimate of drug-likeness (QED) is 0.513. The zero-order chi connectivity index (χ0) is 20.9. The van der Waals surface area contributed by atoms with Gasteiger partial charge >= 0.3 is 5.97 Å². The highest BCUT2D eigenvalue weighted by molar-refractivity contribution is 7.89. The van der Waals surface area contributed by atoms with E-state index in [4.69, 9.17) is 20.6 Å². The summed E-state index contributed by atoms with van der Waals surface area (Å²) in [5, 5.41) is 2.56. The van der Waals surface area contributed by atoms with Gasteiger partial charge in [0.2, 0.25) is 16.8 Å². The second kappa shape index (κ2) is 8.64. The van der Waals surface area contributed by atoms with Crippen molar-refractivity contribution in [3.05, 3.63) is 48.0 Å². The van der Waals surface area contributed by atoms with Gasteiger partial charge in [-0.1, -0.05) is 12.0 Å². The number of esters is 1. The Morgan fingerprint density at radius 1 is 1.14 bits per heavy atom. The highest BCUT2D eigenvalue weighted by atomic mass is 32.2. The number of ether oxygens (including phenoxy) is 3. The fourth-order valence-electron chi connectivity index (χ4n) is 2.40. The maximum atomic E-state index is 12.2. The van der Waals surface area contributed by atoms with Crippen LogP contribution in [0.15, 0.2) is 47.4 Å². The molecule has 0 fully saturated rings. The van der Waals surface area contributed by atoms with E-state index in [0.29, 0.717) is 17.2 Å². The van der Waals surface area contributed by atoms with Gasteiger partial charge in [-0.25, -0.2) is 13.2 Å². The Labute approximate surface area is 167 Å². The Kier molecular flexibility index (Phi) is 6.01. The van der Waals surface area contributed by atoms with E-state index in [1.165, 1.54) is 18.2 Å². The molecule has 1 aliphatic heterocycles. The number of hydrogen-bond acceptors (Lipinski definition) is 7. The van der Waals surface area contributed by atoms with Crippen LogP contribution in [-0.4, -0.2) is 40.2 Å². The van der Waals surface area contributed by atoms with Crippen LogP contribution in [0.4, 0.5) is 5.69 Å². The minimum absolute atomic E-state index is 0.0236. The van der Waals surface area contributed by atoms with Crippen LogP contribution < -0.4 is 19.5 Å². The van der Waals surface area contributed by atoms with Crippen molar-refractivity contribution in [3.63, 3.8) is 0 Å². The number of benzene rings is 2. The second-order valence-corrected chi connectivity index (χ2v) is 7.52. The van der Waals surface area contributed by atoms with E-state index in [0.717, 1.165) is 6.07 Å². The first-order valence-electron chi connectivity index (χ1n) is 8.29. The van der Waals surface area contributed by atoms with Crippen LogP contribution in [0.25, 0.3) is 0 Å². The van der Waals surface area contributed by atoms with Gasteiger partial charge in [-0.05, 0) is 30.3 Å². The minimum Gasteiger partial charge on any atom is -0.454 e. The van der Waals surface area contributed by atoms with Crippen LogP contribution in [0.2, 0.25) is 0 Å². The molecule has 0 radical (unpaired) electrons. The first kappa shape index (κ1) is 20.2. The molecular formula is C19H16N2O7S. The molecule has 0 saturated heterocycles. The average Bonchev–Trinajstić information content (AvgIpc) is 3.18. The number of hydrogen-bond donors (Lipinski definition) is 2. The van der Waals surface area contributed by atoms with Crippen molar-refractivity contribution in [3.8, 4) is 23.8 Å². The normalized spacial score (nSPS) is 12.1. The van der Waals surface area contributed by atoms with Gasteiger partial charge in [-0.3, -0.25) is 4.79 Å². The van der Waals surface area contributed by atoms with Crippen LogP contribution in [0.3, 0.4) is 0 Å². The van der Waals surface area contributed by atoms with Crippen molar-refractivity contribution in [2.75, 3.05) is 25.3 Å². The Morgan fingerprint density at radius 3 is 2.72 bits per heavy atom. The summed E-state index contributed by atoms with van der Waals surface area (Å²) in [5.74, 6) is 1.80. The lowest BCUT2D eigenvalue weighted by Gasteiger charge is -2.08. The molecular weight excluding hydrogens is 400 g/mol.